The minimum atomic E-state index is -0.303. The highest BCUT2D eigenvalue weighted by Crippen LogP contribution is 2.29. The first-order chi connectivity index (χ1) is 17.4. The number of ether oxygens (including phenoxy) is 1. The molecule has 36 heavy (non-hydrogen) atoms. The third-order valence-electron chi connectivity index (χ3n) is 6.90. The number of carbonyl (C=O) groups is 2. The molecule has 3 heterocycles. The number of nitrogens with two attached hydrogens (primary N) is 1. The van der Waals surface area contributed by atoms with Crippen LogP contribution < -0.4 is 11.1 Å². The molecule has 2 aliphatic rings. The number of amides is 2. The molecule has 2 aromatic rings. The van der Waals surface area contributed by atoms with E-state index in [0.29, 0.717) is 43.4 Å². The summed E-state index contributed by atoms with van der Waals surface area (Å²) < 4.78 is 5.09. The quantitative estimate of drug-likeness (QED) is 0.478. The number of aromatic nitrogens is 1. The van der Waals surface area contributed by atoms with Gasteiger partial charge in [0.05, 0.1) is 6.61 Å². The molecule has 0 saturated carbocycles. The normalized spacial score (nSPS) is 20.2. The van der Waals surface area contributed by atoms with E-state index in [1.54, 1.807) is 18.0 Å². The Morgan fingerprint density at radius 2 is 1.97 bits per heavy atom. The fraction of sp³-hybridized carbons (Fsp3) is 0.407. The number of carbonyl (C=O) groups excluding carboxylic acids is 2. The first-order valence-corrected chi connectivity index (χ1v) is 12.5. The first kappa shape index (κ1) is 25.2. The predicted octanol–water partition coefficient (Wildman–Crippen LogP) is 4.26. The van der Waals surface area contributed by atoms with Gasteiger partial charge in [0.1, 0.15) is 0 Å². The molecule has 1 saturated heterocycles. The fourth-order valence-corrected chi connectivity index (χ4v) is 4.56. The van der Waals surface area contributed by atoms with Gasteiger partial charge in [0.15, 0.2) is 11.8 Å². The maximum Gasteiger partial charge on any atom is 0.410 e. The molecule has 190 valence electrons. The summed E-state index contributed by atoms with van der Waals surface area (Å²) in [4.78, 5) is 37.4. The molecular weight excluding hydrogens is 456 g/mol. The van der Waals surface area contributed by atoms with Crippen molar-refractivity contribution in [2.24, 2.45) is 16.6 Å². The van der Waals surface area contributed by atoms with Gasteiger partial charge in [-0.15, -0.1) is 0 Å². The lowest BCUT2D eigenvalue weighted by Crippen LogP contribution is -2.35. The van der Waals surface area contributed by atoms with Crippen molar-refractivity contribution in [1.82, 2.24) is 14.8 Å². The van der Waals surface area contributed by atoms with E-state index in [1.165, 1.54) is 0 Å². The number of nitrogens with zero attached hydrogens (tertiary/aromatic N) is 4. The van der Waals surface area contributed by atoms with Crippen LogP contribution in [0.1, 0.15) is 49.5 Å². The summed E-state index contributed by atoms with van der Waals surface area (Å²) in [5.41, 5.74) is 9.52. The van der Waals surface area contributed by atoms with E-state index >= 15 is 0 Å². The van der Waals surface area contributed by atoms with E-state index in [9.17, 15) is 9.59 Å². The van der Waals surface area contributed by atoms with Gasteiger partial charge < -0.3 is 25.6 Å². The molecule has 1 aromatic carbocycles. The second-order valence-electron chi connectivity index (χ2n) is 9.20. The Bertz CT molecular complexity index is 1160. The molecule has 3 N–H and O–H groups in total. The number of guanidine groups is 1. The van der Waals surface area contributed by atoms with Gasteiger partial charge in [-0.25, -0.2) is 9.78 Å². The molecule has 0 aliphatic carbocycles. The van der Waals surface area contributed by atoms with Crippen molar-refractivity contribution >= 4 is 35.0 Å². The molecular formula is C27H34N6O3. The highest BCUT2D eigenvalue weighted by atomic mass is 16.6. The van der Waals surface area contributed by atoms with Crippen LogP contribution >= 0.6 is 0 Å². The van der Waals surface area contributed by atoms with Gasteiger partial charge in [0.2, 0.25) is 0 Å². The maximum absolute atomic E-state index is 12.9. The van der Waals surface area contributed by atoms with Gasteiger partial charge in [-0.1, -0.05) is 13.0 Å². The van der Waals surface area contributed by atoms with Gasteiger partial charge in [-0.3, -0.25) is 4.79 Å². The minimum Gasteiger partial charge on any atom is -0.450 e. The van der Waals surface area contributed by atoms with Gasteiger partial charge >= 0.3 is 6.09 Å². The molecule has 0 bridgehead atoms. The second kappa shape index (κ2) is 11.2. The van der Waals surface area contributed by atoms with Gasteiger partial charge in [0.25, 0.3) is 5.91 Å². The summed E-state index contributed by atoms with van der Waals surface area (Å²) >= 11 is 0. The van der Waals surface area contributed by atoms with Crippen LogP contribution in [0.5, 0.6) is 0 Å². The molecule has 1 fully saturated rings. The third-order valence-corrected chi connectivity index (χ3v) is 6.90. The molecule has 9 heteroatoms. The Morgan fingerprint density at radius 1 is 1.19 bits per heavy atom. The zero-order valence-electron chi connectivity index (χ0n) is 21.1. The average Bonchev–Trinajstić information content (AvgIpc) is 3.22. The summed E-state index contributed by atoms with van der Waals surface area (Å²) in [7, 11) is 0. The van der Waals surface area contributed by atoms with E-state index in [4.69, 9.17) is 10.5 Å². The molecule has 2 unspecified atom stereocenters. The first-order valence-electron chi connectivity index (χ1n) is 12.5. The van der Waals surface area contributed by atoms with E-state index < -0.39 is 0 Å². The lowest BCUT2D eigenvalue weighted by molar-refractivity contribution is 0.0735. The molecule has 2 aliphatic heterocycles. The van der Waals surface area contributed by atoms with Crippen LogP contribution in [-0.2, 0) is 4.74 Å². The number of hydrogen-bond donors (Lipinski definition) is 2. The van der Waals surface area contributed by atoms with Crippen molar-refractivity contribution in [1.29, 1.82) is 0 Å². The third kappa shape index (κ3) is 5.67. The summed E-state index contributed by atoms with van der Waals surface area (Å²) in [5.74, 6) is 1.27. The van der Waals surface area contributed by atoms with E-state index in [0.717, 1.165) is 29.8 Å². The molecule has 0 spiro atoms. The second-order valence-corrected chi connectivity index (χ2v) is 9.20. The molecule has 2 atom stereocenters. The Labute approximate surface area is 212 Å². The Balaban J connectivity index is 1.43. The molecule has 0 radical (unpaired) electrons. The van der Waals surface area contributed by atoms with Crippen molar-refractivity contribution in [3.05, 3.63) is 59.8 Å². The van der Waals surface area contributed by atoms with Gasteiger partial charge in [0, 0.05) is 48.7 Å². The van der Waals surface area contributed by atoms with Crippen LogP contribution in [0.2, 0.25) is 0 Å². The number of anilines is 1. The van der Waals surface area contributed by atoms with Crippen molar-refractivity contribution in [3.8, 4) is 0 Å². The number of nitrogens with one attached hydrogen (secondary N) is 1. The van der Waals surface area contributed by atoms with Crippen molar-refractivity contribution in [2.45, 2.75) is 39.7 Å². The lowest BCUT2D eigenvalue weighted by atomic mass is 10.0. The highest BCUT2D eigenvalue weighted by Gasteiger charge is 2.31. The Kier molecular flexibility index (Phi) is 7.87. The zero-order chi connectivity index (χ0) is 25.7. The zero-order valence-corrected chi connectivity index (χ0v) is 21.1. The summed E-state index contributed by atoms with van der Waals surface area (Å²) in [6.07, 6.45) is 5.07. The predicted molar refractivity (Wildman–Crippen MR) is 141 cm³/mol. The van der Waals surface area contributed by atoms with Crippen molar-refractivity contribution in [2.75, 3.05) is 31.6 Å². The van der Waals surface area contributed by atoms with Crippen LogP contribution in [0.3, 0.4) is 0 Å². The lowest BCUT2D eigenvalue weighted by Gasteiger charge is -2.26. The number of rotatable bonds is 5. The summed E-state index contributed by atoms with van der Waals surface area (Å²) in [6.45, 7) is 8.28. The molecule has 9 nitrogen and oxygen atoms in total. The number of aliphatic imine (C=N–C) groups is 1. The van der Waals surface area contributed by atoms with E-state index in [-0.39, 0.29) is 24.0 Å². The standard InChI is InChI=1S/C27H34N6O3/c1-4-36-27(35)32-15-12-20(13-16-32)23-6-5-14-29-24(23)31-26(28)30-22-9-7-21(8-10-22)25(34)33-17-11-18(2)19(33)3/h5-10,12,14,18-19H,4,11,13,15-17H2,1-3H3,(H3,28,29,30,31). The van der Waals surface area contributed by atoms with Crippen LogP contribution in [0.25, 0.3) is 5.57 Å². The molecule has 2 amide bonds. The molecule has 4 rings (SSSR count). The number of pyridine rings is 1. The van der Waals surface area contributed by atoms with Crippen molar-refractivity contribution < 1.29 is 14.3 Å². The monoisotopic (exact) mass is 490 g/mol. The van der Waals surface area contributed by atoms with Crippen LogP contribution in [0, 0.1) is 5.92 Å². The Hall–Kier alpha value is -3.88. The number of benzene rings is 1. The van der Waals surface area contributed by atoms with Gasteiger partial charge in [-0.2, -0.15) is 4.99 Å². The van der Waals surface area contributed by atoms with Crippen molar-refractivity contribution in [3.63, 3.8) is 0 Å². The average molecular weight is 491 g/mol. The Morgan fingerprint density at radius 3 is 2.61 bits per heavy atom. The summed E-state index contributed by atoms with van der Waals surface area (Å²) in [5, 5.41) is 3.08. The summed E-state index contributed by atoms with van der Waals surface area (Å²) in [6, 6.07) is 11.3. The number of likely N-dealkylation sites (tertiary alicyclic amines) is 1. The largest absolute Gasteiger partial charge is 0.450 e. The van der Waals surface area contributed by atoms with E-state index in [1.807, 2.05) is 47.4 Å². The van der Waals surface area contributed by atoms with Crippen LogP contribution in [0.4, 0.5) is 16.3 Å². The van der Waals surface area contributed by atoms with Gasteiger partial charge in [-0.05, 0) is 74.6 Å². The topological polar surface area (TPSA) is 113 Å². The SMILES string of the molecule is CCOC(=O)N1CC=C(c2cccnc2/N=C(\N)Nc2ccc(C(=O)N3CCC(C)C3C)cc2)CC1. The fourth-order valence-electron chi connectivity index (χ4n) is 4.56. The van der Waals surface area contributed by atoms with Crippen LogP contribution in [0.15, 0.2) is 53.7 Å². The highest BCUT2D eigenvalue weighted by molar-refractivity contribution is 5.97. The van der Waals surface area contributed by atoms with E-state index in [2.05, 4.69) is 29.1 Å². The maximum atomic E-state index is 12.9. The smallest absolute Gasteiger partial charge is 0.410 e. The van der Waals surface area contributed by atoms with Crippen LogP contribution in [-0.4, -0.2) is 65.0 Å². The molecule has 1 aromatic heterocycles. The number of hydrogen-bond acceptors (Lipinski definition) is 5. The minimum absolute atomic E-state index is 0.0560.